The molecular weight excluding hydrogens is 348 g/mol. The highest BCUT2D eigenvalue weighted by Crippen LogP contribution is 2.25. The second kappa shape index (κ2) is 7.01. The molecule has 0 radical (unpaired) electrons. The van der Waals surface area contributed by atoms with Crippen molar-refractivity contribution < 1.29 is 13.2 Å². The molecule has 1 atom stereocenters. The number of benzene rings is 2. The maximum Gasteiger partial charge on any atom is 0.263 e. The van der Waals surface area contributed by atoms with Crippen molar-refractivity contribution in [2.75, 3.05) is 29.3 Å². The van der Waals surface area contributed by atoms with Crippen LogP contribution in [0.5, 0.6) is 0 Å². The van der Waals surface area contributed by atoms with Gasteiger partial charge in [-0.1, -0.05) is 23.7 Å². The van der Waals surface area contributed by atoms with E-state index in [1.807, 2.05) is 19.1 Å². The van der Waals surface area contributed by atoms with Crippen LogP contribution in [-0.4, -0.2) is 34.2 Å². The molecule has 128 valence electrons. The third-order valence-electron chi connectivity index (χ3n) is 3.85. The zero-order valence-electron chi connectivity index (χ0n) is 13.3. The number of morpholine rings is 1. The minimum Gasteiger partial charge on any atom is -0.375 e. The average Bonchev–Trinajstić information content (AvgIpc) is 2.55. The van der Waals surface area contributed by atoms with Gasteiger partial charge in [-0.15, -0.1) is 0 Å². The number of halogens is 1. The van der Waals surface area contributed by atoms with Gasteiger partial charge in [0.05, 0.1) is 17.7 Å². The molecule has 0 spiro atoms. The fraction of sp³-hybridized carbons (Fsp3) is 0.294. The summed E-state index contributed by atoms with van der Waals surface area (Å²) in [7, 11) is -3.71. The molecule has 24 heavy (non-hydrogen) atoms. The summed E-state index contributed by atoms with van der Waals surface area (Å²) >= 11 is 5.98. The third kappa shape index (κ3) is 3.83. The highest BCUT2D eigenvalue weighted by atomic mass is 35.5. The molecule has 3 rings (SSSR count). The number of nitrogens with zero attached hydrogens (tertiary/aromatic N) is 1. The van der Waals surface area contributed by atoms with Gasteiger partial charge in [-0.05, 0) is 43.3 Å². The molecule has 0 aliphatic carbocycles. The van der Waals surface area contributed by atoms with E-state index in [9.17, 15) is 8.42 Å². The van der Waals surface area contributed by atoms with Crippen LogP contribution in [0.15, 0.2) is 53.4 Å². The summed E-state index contributed by atoms with van der Waals surface area (Å²) in [4.78, 5) is 2.29. The average molecular weight is 367 g/mol. The molecule has 1 saturated heterocycles. The van der Waals surface area contributed by atoms with Crippen LogP contribution in [0.4, 0.5) is 11.4 Å². The van der Waals surface area contributed by atoms with Gasteiger partial charge >= 0.3 is 0 Å². The quantitative estimate of drug-likeness (QED) is 0.901. The fourth-order valence-electron chi connectivity index (χ4n) is 2.67. The second-order valence-corrected chi connectivity index (χ2v) is 7.77. The van der Waals surface area contributed by atoms with Crippen molar-refractivity contribution in [3.8, 4) is 0 Å². The minimum atomic E-state index is -3.71. The normalized spacial score (nSPS) is 18.4. The van der Waals surface area contributed by atoms with Crippen molar-refractivity contribution in [3.63, 3.8) is 0 Å². The van der Waals surface area contributed by atoms with Crippen molar-refractivity contribution in [2.24, 2.45) is 0 Å². The molecule has 0 saturated carbocycles. The van der Waals surface area contributed by atoms with Crippen LogP contribution in [0.2, 0.25) is 5.02 Å². The lowest BCUT2D eigenvalue weighted by molar-refractivity contribution is 0.0532. The fourth-order valence-corrected chi connectivity index (χ4v) is 4.25. The van der Waals surface area contributed by atoms with E-state index in [0.29, 0.717) is 12.3 Å². The Morgan fingerprint density at radius 2 is 1.88 bits per heavy atom. The van der Waals surface area contributed by atoms with E-state index >= 15 is 0 Å². The van der Waals surface area contributed by atoms with Crippen molar-refractivity contribution in [1.29, 1.82) is 0 Å². The van der Waals surface area contributed by atoms with Gasteiger partial charge in [-0.25, -0.2) is 8.42 Å². The van der Waals surface area contributed by atoms with Gasteiger partial charge in [0, 0.05) is 24.5 Å². The van der Waals surface area contributed by atoms with Gasteiger partial charge in [0.1, 0.15) is 4.90 Å². The first-order valence-electron chi connectivity index (χ1n) is 7.70. The standard InChI is InChI=1S/C17H19ClN2O3S/c1-13-12-20(10-11-23-13)15-8-6-14(7-9-15)19-24(21,22)17-5-3-2-4-16(17)18/h2-9,13,19H,10-12H2,1H3. The Kier molecular flexibility index (Phi) is 4.99. The van der Waals surface area contributed by atoms with Crippen LogP contribution in [0.25, 0.3) is 0 Å². The zero-order chi connectivity index (χ0) is 17.2. The molecule has 1 heterocycles. The number of ether oxygens (including phenoxy) is 1. The molecule has 1 aliphatic heterocycles. The largest absolute Gasteiger partial charge is 0.375 e. The lowest BCUT2D eigenvalue weighted by Crippen LogP contribution is -2.41. The Morgan fingerprint density at radius 3 is 2.54 bits per heavy atom. The summed E-state index contributed by atoms with van der Waals surface area (Å²) in [6, 6.07) is 13.7. The van der Waals surface area contributed by atoms with Gasteiger partial charge < -0.3 is 9.64 Å². The first-order valence-corrected chi connectivity index (χ1v) is 9.56. The van der Waals surface area contributed by atoms with E-state index in [0.717, 1.165) is 18.8 Å². The minimum absolute atomic E-state index is 0.0674. The first-order chi connectivity index (χ1) is 11.5. The van der Waals surface area contributed by atoms with Gasteiger partial charge in [0.25, 0.3) is 10.0 Å². The van der Waals surface area contributed by atoms with E-state index in [-0.39, 0.29) is 16.0 Å². The molecular formula is C17H19ClN2O3S. The zero-order valence-corrected chi connectivity index (χ0v) is 14.8. The molecule has 0 bridgehead atoms. The summed E-state index contributed by atoms with van der Waals surface area (Å²) in [5.74, 6) is 0. The Hall–Kier alpha value is -1.76. The summed E-state index contributed by atoms with van der Waals surface area (Å²) < 4.78 is 33.0. The Morgan fingerprint density at radius 1 is 1.17 bits per heavy atom. The molecule has 2 aromatic carbocycles. The van der Waals surface area contributed by atoms with Crippen molar-refractivity contribution in [3.05, 3.63) is 53.6 Å². The summed E-state index contributed by atoms with van der Waals surface area (Å²) in [6.07, 6.45) is 0.192. The van der Waals surface area contributed by atoms with E-state index in [4.69, 9.17) is 16.3 Å². The number of anilines is 2. The predicted molar refractivity (Wildman–Crippen MR) is 96.3 cm³/mol. The maximum atomic E-state index is 12.4. The molecule has 1 N–H and O–H groups in total. The van der Waals surface area contributed by atoms with Crippen LogP contribution in [0, 0.1) is 0 Å². The van der Waals surface area contributed by atoms with Crippen LogP contribution in [0.3, 0.4) is 0 Å². The smallest absolute Gasteiger partial charge is 0.263 e. The van der Waals surface area contributed by atoms with Gasteiger partial charge in [-0.2, -0.15) is 0 Å². The number of hydrogen-bond acceptors (Lipinski definition) is 4. The monoisotopic (exact) mass is 366 g/mol. The van der Waals surface area contributed by atoms with E-state index < -0.39 is 10.0 Å². The topological polar surface area (TPSA) is 58.6 Å². The molecule has 0 aromatic heterocycles. The second-order valence-electron chi connectivity index (χ2n) is 5.71. The van der Waals surface area contributed by atoms with Crippen LogP contribution in [0.1, 0.15) is 6.92 Å². The SMILES string of the molecule is CC1CN(c2ccc(NS(=O)(=O)c3ccccc3Cl)cc2)CCO1. The summed E-state index contributed by atoms with van der Waals surface area (Å²) in [6.45, 7) is 4.39. The van der Waals surface area contributed by atoms with Crippen molar-refractivity contribution in [2.45, 2.75) is 17.9 Å². The van der Waals surface area contributed by atoms with Gasteiger partial charge in [0.2, 0.25) is 0 Å². The van der Waals surface area contributed by atoms with E-state index in [2.05, 4.69) is 9.62 Å². The predicted octanol–water partition coefficient (Wildman–Crippen LogP) is 3.37. The number of rotatable bonds is 4. The highest BCUT2D eigenvalue weighted by molar-refractivity contribution is 7.92. The first kappa shape index (κ1) is 17.1. The Bertz CT molecular complexity index is 809. The highest BCUT2D eigenvalue weighted by Gasteiger charge is 2.19. The molecule has 7 heteroatoms. The molecule has 1 fully saturated rings. The van der Waals surface area contributed by atoms with Gasteiger partial charge in [-0.3, -0.25) is 4.72 Å². The Balaban J connectivity index is 1.75. The van der Waals surface area contributed by atoms with Crippen molar-refractivity contribution in [1.82, 2.24) is 0 Å². The summed E-state index contributed by atoms with van der Waals surface area (Å²) in [5.41, 5.74) is 1.55. The molecule has 5 nitrogen and oxygen atoms in total. The van der Waals surface area contributed by atoms with Crippen LogP contribution < -0.4 is 9.62 Å². The van der Waals surface area contributed by atoms with Gasteiger partial charge in [0.15, 0.2) is 0 Å². The molecule has 2 aromatic rings. The molecule has 0 amide bonds. The Labute approximate surface area is 147 Å². The van der Waals surface area contributed by atoms with Crippen molar-refractivity contribution >= 4 is 33.0 Å². The number of sulfonamides is 1. The van der Waals surface area contributed by atoms with E-state index in [1.165, 1.54) is 6.07 Å². The summed E-state index contributed by atoms with van der Waals surface area (Å²) in [5, 5.41) is 0.198. The third-order valence-corrected chi connectivity index (χ3v) is 5.73. The van der Waals surface area contributed by atoms with Crippen LogP contribution >= 0.6 is 11.6 Å². The van der Waals surface area contributed by atoms with E-state index in [1.54, 1.807) is 30.3 Å². The number of nitrogens with one attached hydrogen (secondary N) is 1. The molecule has 1 aliphatic rings. The maximum absolute atomic E-state index is 12.4. The lowest BCUT2D eigenvalue weighted by Gasteiger charge is -2.33. The molecule has 1 unspecified atom stereocenters. The lowest BCUT2D eigenvalue weighted by atomic mass is 10.2. The van der Waals surface area contributed by atoms with Crippen LogP contribution in [-0.2, 0) is 14.8 Å². The number of hydrogen-bond donors (Lipinski definition) is 1.